The van der Waals surface area contributed by atoms with Crippen LogP contribution in [0.1, 0.15) is 45.6 Å². The second-order valence-corrected chi connectivity index (χ2v) is 7.61. The van der Waals surface area contributed by atoms with E-state index >= 15 is 0 Å². The van der Waals surface area contributed by atoms with Crippen molar-refractivity contribution in [3.05, 3.63) is 29.8 Å². The number of carbonyl (C=O) groups excluding carboxylic acids is 2. The Morgan fingerprint density at radius 3 is 2.56 bits per heavy atom. The molecule has 3 N–H and O–H groups in total. The van der Waals surface area contributed by atoms with Crippen molar-refractivity contribution in [1.82, 2.24) is 10.6 Å². The third-order valence-electron chi connectivity index (χ3n) is 5.35. The van der Waals surface area contributed by atoms with Crippen molar-refractivity contribution in [1.29, 1.82) is 0 Å². The molecule has 1 aromatic rings. The Kier molecular flexibility index (Phi) is 8.10. The number of nitrogens with one attached hydrogen (secondary N) is 3. The van der Waals surface area contributed by atoms with Gasteiger partial charge in [0.15, 0.2) is 0 Å². The molecule has 0 aromatic heterocycles. The van der Waals surface area contributed by atoms with Crippen molar-refractivity contribution in [3.8, 4) is 0 Å². The zero-order valence-corrected chi connectivity index (χ0v) is 17.2. The molecule has 0 bridgehead atoms. The first-order chi connectivity index (χ1) is 12.9. The number of quaternary nitrogens is 1. The summed E-state index contributed by atoms with van der Waals surface area (Å²) in [4.78, 5) is 27.9. The van der Waals surface area contributed by atoms with E-state index in [2.05, 4.69) is 24.5 Å². The highest BCUT2D eigenvalue weighted by Gasteiger charge is 2.31. The molecule has 2 atom stereocenters. The number of nitrogens with zero attached hydrogens (tertiary/aromatic N) is 1. The van der Waals surface area contributed by atoms with Gasteiger partial charge in [-0.2, -0.15) is 0 Å². The van der Waals surface area contributed by atoms with Gasteiger partial charge in [0.2, 0.25) is 5.91 Å². The number of amides is 3. The molecule has 6 heteroatoms. The molecule has 1 aliphatic heterocycles. The first-order valence-electron chi connectivity index (χ1n) is 10.2. The number of aryl methyl sites for hydroxylation is 1. The topological polar surface area (TPSA) is 65.9 Å². The second kappa shape index (κ2) is 10.3. The fourth-order valence-corrected chi connectivity index (χ4v) is 3.56. The third kappa shape index (κ3) is 6.54. The Balaban J connectivity index is 1.74. The van der Waals surface area contributed by atoms with Crippen molar-refractivity contribution >= 4 is 17.6 Å². The average molecular weight is 376 g/mol. The Bertz CT molecular complexity index is 613. The lowest BCUT2D eigenvalue weighted by Gasteiger charge is -2.20. The summed E-state index contributed by atoms with van der Waals surface area (Å²) in [7, 11) is 0. The van der Waals surface area contributed by atoms with E-state index in [1.54, 1.807) is 9.80 Å². The normalized spacial score (nSPS) is 18.0. The SMILES string of the molecule is CC[NH+](CC)CCC[C@H](C)NC(=O)N[C@@H]1CC(=O)N(c2ccc(C)cc2)C1. The van der Waals surface area contributed by atoms with Crippen LogP contribution < -0.4 is 20.4 Å². The first kappa shape index (κ1) is 21.2. The highest BCUT2D eigenvalue weighted by molar-refractivity contribution is 5.96. The quantitative estimate of drug-likeness (QED) is 0.612. The van der Waals surface area contributed by atoms with Gasteiger partial charge in [-0.3, -0.25) is 4.79 Å². The molecular weight excluding hydrogens is 340 g/mol. The van der Waals surface area contributed by atoms with Crippen molar-refractivity contribution < 1.29 is 14.5 Å². The molecule has 150 valence electrons. The van der Waals surface area contributed by atoms with E-state index in [9.17, 15) is 9.59 Å². The molecule has 0 radical (unpaired) electrons. The van der Waals surface area contributed by atoms with Crippen molar-refractivity contribution in [2.45, 2.75) is 59.0 Å². The molecule has 1 saturated heterocycles. The van der Waals surface area contributed by atoms with Crippen LogP contribution in [0.2, 0.25) is 0 Å². The van der Waals surface area contributed by atoms with Gasteiger partial charge >= 0.3 is 6.03 Å². The van der Waals surface area contributed by atoms with Gasteiger partial charge < -0.3 is 20.4 Å². The van der Waals surface area contributed by atoms with E-state index in [0.29, 0.717) is 13.0 Å². The standard InChI is InChI=1S/C21H34N4O2/c1-5-24(6-2)13-7-8-17(4)22-21(27)23-18-14-20(26)25(15-18)19-11-9-16(3)10-12-19/h9-12,17-18H,5-8,13-15H2,1-4H3,(H2,22,23,27)/p+1/t17-,18+/m0/s1. The molecule has 3 amide bonds. The first-order valence-corrected chi connectivity index (χ1v) is 10.2. The zero-order chi connectivity index (χ0) is 19.8. The number of urea groups is 1. The van der Waals surface area contributed by atoms with E-state index in [0.717, 1.165) is 43.7 Å². The summed E-state index contributed by atoms with van der Waals surface area (Å²) in [5, 5.41) is 5.96. The van der Waals surface area contributed by atoms with Gasteiger partial charge in [-0.15, -0.1) is 0 Å². The summed E-state index contributed by atoms with van der Waals surface area (Å²) in [6, 6.07) is 7.71. The Morgan fingerprint density at radius 2 is 1.93 bits per heavy atom. The van der Waals surface area contributed by atoms with Crippen LogP contribution in [0.4, 0.5) is 10.5 Å². The maximum Gasteiger partial charge on any atom is 0.315 e. The van der Waals surface area contributed by atoms with Gasteiger partial charge in [-0.1, -0.05) is 17.7 Å². The lowest BCUT2D eigenvalue weighted by atomic mass is 10.2. The van der Waals surface area contributed by atoms with Gasteiger partial charge in [0.05, 0.1) is 25.7 Å². The molecule has 2 rings (SSSR count). The molecule has 6 nitrogen and oxygen atoms in total. The minimum absolute atomic E-state index is 0.0550. The summed E-state index contributed by atoms with van der Waals surface area (Å²) >= 11 is 0. The molecule has 1 heterocycles. The largest absolute Gasteiger partial charge is 0.336 e. The summed E-state index contributed by atoms with van der Waals surface area (Å²) in [6.07, 6.45) is 2.42. The van der Waals surface area contributed by atoms with Crippen molar-refractivity contribution in [2.75, 3.05) is 31.1 Å². The summed E-state index contributed by atoms with van der Waals surface area (Å²) in [6.45, 7) is 12.4. The monoisotopic (exact) mass is 375 g/mol. The molecule has 1 aliphatic rings. The van der Waals surface area contributed by atoms with Gasteiger partial charge in [0.25, 0.3) is 0 Å². The Morgan fingerprint density at radius 1 is 1.26 bits per heavy atom. The molecule has 1 aromatic carbocycles. The van der Waals surface area contributed by atoms with E-state index in [-0.39, 0.29) is 24.0 Å². The van der Waals surface area contributed by atoms with Crippen LogP contribution in [0.15, 0.2) is 24.3 Å². The van der Waals surface area contributed by atoms with Gasteiger partial charge in [-0.25, -0.2) is 4.79 Å². The summed E-state index contributed by atoms with van der Waals surface area (Å²) < 4.78 is 0. The molecule has 0 unspecified atom stereocenters. The highest BCUT2D eigenvalue weighted by atomic mass is 16.2. The molecule has 0 saturated carbocycles. The van der Waals surface area contributed by atoms with E-state index < -0.39 is 0 Å². The molecule has 0 spiro atoms. The number of benzene rings is 1. The number of anilines is 1. The minimum Gasteiger partial charge on any atom is -0.336 e. The molecular formula is C21H35N4O2+. The Labute approximate surface area is 163 Å². The van der Waals surface area contributed by atoms with Crippen molar-refractivity contribution in [3.63, 3.8) is 0 Å². The number of carbonyl (C=O) groups is 2. The molecule has 27 heavy (non-hydrogen) atoms. The van der Waals surface area contributed by atoms with Gasteiger partial charge in [0, 0.05) is 24.7 Å². The van der Waals surface area contributed by atoms with Gasteiger partial charge in [-0.05, 0) is 52.7 Å². The second-order valence-electron chi connectivity index (χ2n) is 7.61. The van der Waals surface area contributed by atoms with Crippen LogP contribution >= 0.6 is 0 Å². The summed E-state index contributed by atoms with van der Waals surface area (Å²) in [5.74, 6) is 0.0550. The number of hydrogen-bond acceptors (Lipinski definition) is 2. The van der Waals surface area contributed by atoms with E-state index in [1.165, 1.54) is 0 Å². The van der Waals surface area contributed by atoms with Crippen molar-refractivity contribution in [2.24, 2.45) is 0 Å². The van der Waals surface area contributed by atoms with Crippen LogP contribution in [0, 0.1) is 6.92 Å². The smallest absolute Gasteiger partial charge is 0.315 e. The minimum atomic E-state index is -0.179. The highest BCUT2D eigenvalue weighted by Crippen LogP contribution is 2.21. The predicted molar refractivity (Wildman–Crippen MR) is 109 cm³/mol. The van der Waals surface area contributed by atoms with Crippen LogP contribution in [0.3, 0.4) is 0 Å². The predicted octanol–water partition coefficient (Wildman–Crippen LogP) is 1.49. The third-order valence-corrected chi connectivity index (χ3v) is 5.35. The zero-order valence-electron chi connectivity index (χ0n) is 17.2. The lowest BCUT2D eigenvalue weighted by molar-refractivity contribution is -0.896. The maximum atomic E-state index is 12.3. The lowest BCUT2D eigenvalue weighted by Crippen LogP contribution is -3.11. The number of rotatable bonds is 9. The van der Waals surface area contributed by atoms with Gasteiger partial charge in [0.1, 0.15) is 0 Å². The van der Waals surface area contributed by atoms with Crippen LogP contribution in [-0.4, -0.2) is 50.2 Å². The molecule has 0 aliphatic carbocycles. The molecule has 1 fully saturated rings. The average Bonchev–Trinajstić information content (AvgIpc) is 2.99. The maximum absolute atomic E-state index is 12.3. The van der Waals surface area contributed by atoms with Crippen LogP contribution in [0.25, 0.3) is 0 Å². The Hall–Kier alpha value is -2.08. The van der Waals surface area contributed by atoms with Crippen LogP contribution in [-0.2, 0) is 4.79 Å². The fourth-order valence-electron chi connectivity index (χ4n) is 3.56. The fraction of sp³-hybridized carbons (Fsp3) is 0.619. The van der Waals surface area contributed by atoms with E-state index in [4.69, 9.17) is 0 Å². The van der Waals surface area contributed by atoms with E-state index in [1.807, 2.05) is 38.1 Å². The number of hydrogen-bond donors (Lipinski definition) is 3. The summed E-state index contributed by atoms with van der Waals surface area (Å²) in [5.41, 5.74) is 2.05. The van der Waals surface area contributed by atoms with Crippen LogP contribution in [0.5, 0.6) is 0 Å².